The Kier molecular flexibility index (Phi) is 2.79. The minimum atomic E-state index is -0.300. The molecule has 1 aliphatic carbocycles. The lowest BCUT2D eigenvalue weighted by molar-refractivity contribution is -0.123. The average Bonchev–Trinajstić information content (AvgIpc) is 3.26. The largest absolute Gasteiger partial charge is 0.329 e. The predicted octanol–water partition coefficient (Wildman–Crippen LogP) is 2.54. The molecule has 19 heavy (non-hydrogen) atoms. The van der Waals surface area contributed by atoms with Crippen LogP contribution in [0.2, 0.25) is 0 Å². The van der Waals surface area contributed by atoms with Gasteiger partial charge in [0.05, 0.1) is 11.1 Å². The van der Waals surface area contributed by atoms with Crippen molar-refractivity contribution in [2.24, 2.45) is 11.1 Å². The molecule has 2 N–H and O–H groups in total. The molecule has 0 unspecified atom stereocenters. The van der Waals surface area contributed by atoms with E-state index in [1.54, 1.807) is 4.90 Å². The van der Waals surface area contributed by atoms with Crippen LogP contribution >= 0.6 is 0 Å². The SMILES string of the molecule is CN(C(=O)C1(CN)CC1)c1cccc2ccccc12. The topological polar surface area (TPSA) is 46.3 Å². The van der Waals surface area contributed by atoms with Gasteiger partial charge in [0.2, 0.25) is 5.91 Å². The van der Waals surface area contributed by atoms with Crippen LogP contribution in [0.1, 0.15) is 12.8 Å². The van der Waals surface area contributed by atoms with Gasteiger partial charge in [-0.2, -0.15) is 0 Å². The average molecular weight is 254 g/mol. The number of carbonyl (C=O) groups is 1. The van der Waals surface area contributed by atoms with Gasteiger partial charge in [-0.05, 0) is 24.3 Å². The van der Waals surface area contributed by atoms with Crippen molar-refractivity contribution in [1.82, 2.24) is 0 Å². The van der Waals surface area contributed by atoms with Crippen LogP contribution in [-0.4, -0.2) is 19.5 Å². The first-order valence-electron chi connectivity index (χ1n) is 6.64. The molecule has 0 bridgehead atoms. The van der Waals surface area contributed by atoms with E-state index in [0.29, 0.717) is 6.54 Å². The van der Waals surface area contributed by atoms with Gasteiger partial charge < -0.3 is 10.6 Å². The van der Waals surface area contributed by atoms with Gasteiger partial charge in [0.15, 0.2) is 0 Å². The first kappa shape index (κ1) is 12.2. The second-order valence-electron chi connectivity index (χ2n) is 5.35. The van der Waals surface area contributed by atoms with Crippen LogP contribution in [0.3, 0.4) is 0 Å². The van der Waals surface area contributed by atoms with Gasteiger partial charge in [0, 0.05) is 19.0 Å². The van der Waals surface area contributed by atoms with Crippen molar-refractivity contribution in [3.63, 3.8) is 0 Å². The molecule has 0 aromatic heterocycles. The molecular formula is C16H18N2O. The maximum absolute atomic E-state index is 12.5. The highest BCUT2D eigenvalue weighted by Gasteiger charge is 2.50. The zero-order chi connectivity index (χ0) is 13.5. The Bertz CT molecular complexity index is 626. The van der Waals surface area contributed by atoms with Gasteiger partial charge in [-0.1, -0.05) is 36.4 Å². The standard InChI is InChI=1S/C16H18N2O/c1-18(15(19)16(11-17)9-10-16)14-8-4-6-12-5-2-3-7-13(12)14/h2-8H,9-11,17H2,1H3. The molecule has 0 spiro atoms. The number of hydrogen-bond acceptors (Lipinski definition) is 2. The number of hydrogen-bond donors (Lipinski definition) is 1. The van der Waals surface area contributed by atoms with Crippen molar-refractivity contribution in [2.45, 2.75) is 12.8 Å². The summed E-state index contributed by atoms with van der Waals surface area (Å²) in [7, 11) is 1.85. The first-order valence-corrected chi connectivity index (χ1v) is 6.64. The Morgan fingerprint density at radius 3 is 2.58 bits per heavy atom. The fourth-order valence-electron chi connectivity index (χ4n) is 2.62. The molecule has 1 aliphatic rings. The Balaban J connectivity index is 2.02. The third-order valence-corrected chi connectivity index (χ3v) is 4.13. The quantitative estimate of drug-likeness (QED) is 0.915. The van der Waals surface area contributed by atoms with Gasteiger partial charge >= 0.3 is 0 Å². The third kappa shape index (κ3) is 1.90. The van der Waals surface area contributed by atoms with Gasteiger partial charge in [-0.15, -0.1) is 0 Å². The second-order valence-corrected chi connectivity index (χ2v) is 5.35. The molecule has 0 saturated heterocycles. The summed E-state index contributed by atoms with van der Waals surface area (Å²) in [4.78, 5) is 14.3. The summed E-state index contributed by atoms with van der Waals surface area (Å²) < 4.78 is 0. The molecule has 0 radical (unpaired) electrons. The van der Waals surface area contributed by atoms with E-state index in [9.17, 15) is 4.79 Å². The molecule has 2 aromatic carbocycles. The maximum atomic E-state index is 12.5. The number of amides is 1. The first-order chi connectivity index (χ1) is 9.18. The highest BCUT2D eigenvalue weighted by Crippen LogP contribution is 2.46. The highest BCUT2D eigenvalue weighted by molar-refractivity contribution is 6.06. The van der Waals surface area contributed by atoms with E-state index in [2.05, 4.69) is 18.2 Å². The number of nitrogens with two attached hydrogens (primary N) is 1. The monoisotopic (exact) mass is 254 g/mol. The molecule has 3 nitrogen and oxygen atoms in total. The van der Waals surface area contributed by atoms with Gasteiger partial charge in [0.1, 0.15) is 0 Å². The van der Waals surface area contributed by atoms with E-state index in [1.165, 1.54) is 0 Å². The van der Waals surface area contributed by atoms with Crippen LogP contribution in [0.15, 0.2) is 42.5 Å². The smallest absolute Gasteiger partial charge is 0.234 e. The lowest BCUT2D eigenvalue weighted by Gasteiger charge is -2.24. The van der Waals surface area contributed by atoms with Gasteiger partial charge in [-0.3, -0.25) is 4.79 Å². The Morgan fingerprint density at radius 2 is 1.89 bits per heavy atom. The van der Waals surface area contributed by atoms with E-state index in [4.69, 9.17) is 5.73 Å². The number of fused-ring (bicyclic) bond motifs is 1. The van der Waals surface area contributed by atoms with Crippen molar-refractivity contribution in [3.05, 3.63) is 42.5 Å². The summed E-state index contributed by atoms with van der Waals surface area (Å²) in [5.74, 6) is 0.145. The second kappa shape index (κ2) is 4.35. The Labute approximate surface area is 113 Å². The maximum Gasteiger partial charge on any atom is 0.234 e. The van der Waals surface area contributed by atoms with Gasteiger partial charge in [-0.25, -0.2) is 0 Å². The molecule has 3 rings (SSSR count). The van der Waals surface area contributed by atoms with Crippen molar-refractivity contribution in [3.8, 4) is 0 Å². The van der Waals surface area contributed by atoms with E-state index < -0.39 is 0 Å². The number of carbonyl (C=O) groups excluding carboxylic acids is 1. The Morgan fingerprint density at radius 1 is 1.21 bits per heavy atom. The van der Waals surface area contributed by atoms with E-state index in [1.807, 2.05) is 31.3 Å². The molecule has 3 heteroatoms. The molecule has 0 aliphatic heterocycles. The lowest BCUT2D eigenvalue weighted by atomic mass is 10.0. The third-order valence-electron chi connectivity index (χ3n) is 4.13. The molecule has 1 fully saturated rings. The van der Waals surface area contributed by atoms with E-state index in [0.717, 1.165) is 29.3 Å². The lowest BCUT2D eigenvalue weighted by Crippen LogP contribution is -2.38. The zero-order valence-electron chi connectivity index (χ0n) is 11.1. The Hall–Kier alpha value is -1.87. The van der Waals surface area contributed by atoms with E-state index >= 15 is 0 Å². The summed E-state index contributed by atoms with van der Waals surface area (Å²) in [6.07, 6.45) is 1.83. The summed E-state index contributed by atoms with van der Waals surface area (Å²) in [6.45, 7) is 0.445. The molecule has 98 valence electrons. The minimum Gasteiger partial charge on any atom is -0.329 e. The highest BCUT2D eigenvalue weighted by atomic mass is 16.2. The number of anilines is 1. The summed E-state index contributed by atoms with van der Waals surface area (Å²) in [5, 5.41) is 2.26. The fourth-order valence-corrected chi connectivity index (χ4v) is 2.62. The van der Waals surface area contributed by atoms with Crippen LogP contribution in [0.4, 0.5) is 5.69 Å². The van der Waals surface area contributed by atoms with E-state index in [-0.39, 0.29) is 11.3 Å². The van der Waals surface area contributed by atoms with Gasteiger partial charge in [0.25, 0.3) is 0 Å². The predicted molar refractivity (Wildman–Crippen MR) is 78.1 cm³/mol. The zero-order valence-corrected chi connectivity index (χ0v) is 11.1. The minimum absolute atomic E-state index is 0.145. The fraction of sp³-hybridized carbons (Fsp3) is 0.312. The molecular weight excluding hydrogens is 236 g/mol. The summed E-state index contributed by atoms with van der Waals surface area (Å²) >= 11 is 0. The van der Waals surface area contributed by atoms with Crippen LogP contribution in [-0.2, 0) is 4.79 Å². The molecule has 0 atom stereocenters. The number of benzene rings is 2. The van der Waals surface area contributed by atoms with Crippen molar-refractivity contribution in [1.29, 1.82) is 0 Å². The molecule has 0 heterocycles. The van der Waals surface area contributed by atoms with Crippen LogP contribution in [0.5, 0.6) is 0 Å². The van der Waals surface area contributed by atoms with Crippen LogP contribution in [0, 0.1) is 5.41 Å². The number of nitrogens with zero attached hydrogens (tertiary/aromatic N) is 1. The van der Waals surface area contributed by atoms with Crippen molar-refractivity contribution >= 4 is 22.4 Å². The van der Waals surface area contributed by atoms with Crippen molar-refractivity contribution < 1.29 is 4.79 Å². The van der Waals surface area contributed by atoms with Crippen LogP contribution < -0.4 is 10.6 Å². The molecule has 1 saturated carbocycles. The number of rotatable bonds is 3. The normalized spacial score (nSPS) is 16.3. The summed E-state index contributed by atoms with van der Waals surface area (Å²) in [5.41, 5.74) is 6.41. The van der Waals surface area contributed by atoms with Crippen LogP contribution in [0.25, 0.3) is 10.8 Å². The molecule has 1 amide bonds. The van der Waals surface area contributed by atoms with Crippen molar-refractivity contribution in [2.75, 3.05) is 18.5 Å². The summed E-state index contributed by atoms with van der Waals surface area (Å²) in [6, 6.07) is 14.2. The molecule has 2 aromatic rings.